The van der Waals surface area contributed by atoms with Gasteiger partial charge in [0.25, 0.3) is 0 Å². The molecule has 0 spiro atoms. The van der Waals surface area contributed by atoms with Crippen molar-refractivity contribution in [1.82, 2.24) is 0 Å². The van der Waals surface area contributed by atoms with E-state index in [1.165, 1.54) is 0 Å². The molecular formula is C6H10O3. The lowest BCUT2D eigenvalue weighted by atomic mass is 10.0. The predicted molar refractivity (Wildman–Crippen MR) is 29.8 cm³/mol. The summed E-state index contributed by atoms with van der Waals surface area (Å²) in [6.07, 6.45) is 0.573. The third-order valence-electron chi connectivity index (χ3n) is 2.01. The Labute approximate surface area is 53.6 Å². The predicted octanol–water partition coefficient (Wildman–Crippen LogP) is -0.260. The van der Waals surface area contributed by atoms with Crippen molar-refractivity contribution in [1.29, 1.82) is 0 Å². The monoisotopic (exact) mass is 130 g/mol. The lowest BCUT2D eigenvalue weighted by Crippen LogP contribution is -2.18. The average Bonchev–Trinajstić information content (AvgIpc) is 2.35. The molecule has 0 amide bonds. The minimum atomic E-state index is -0.280. The number of hydrogen-bond donors (Lipinski definition) is 1. The second-order valence-corrected chi connectivity index (χ2v) is 2.59. The van der Waals surface area contributed by atoms with Crippen molar-refractivity contribution in [2.24, 2.45) is 5.92 Å². The van der Waals surface area contributed by atoms with Gasteiger partial charge in [0, 0.05) is 5.92 Å². The van der Waals surface area contributed by atoms with Crippen LogP contribution in [0.25, 0.3) is 0 Å². The van der Waals surface area contributed by atoms with Crippen molar-refractivity contribution >= 4 is 0 Å². The quantitative estimate of drug-likeness (QED) is 0.491. The van der Waals surface area contributed by atoms with E-state index in [1.807, 2.05) is 0 Å². The lowest BCUT2D eigenvalue weighted by molar-refractivity contribution is -0.0907. The second-order valence-electron chi connectivity index (χ2n) is 2.59. The van der Waals surface area contributed by atoms with Gasteiger partial charge < -0.3 is 14.6 Å². The fourth-order valence-corrected chi connectivity index (χ4v) is 1.44. The van der Waals surface area contributed by atoms with Gasteiger partial charge in [-0.05, 0) is 6.42 Å². The van der Waals surface area contributed by atoms with Crippen LogP contribution in [0.5, 0.6) is 0 Å². The molecule has 1 N–H and O–H groups in total. The van der Waals surface area contributed by atoms with E-state index in [0.717, 1.165) is 13.0 Å². The summed E-state index contributed by atoms with van der Waals surface area (Å²) in [5, 5.41) is 9.19. The molecule has 1 unspecified atom stereocenters. The summed E-state index contributed by atoms with van der Waals surface area (Å²) in [5.41, 5.74) is 0. The number of aliphatic hydroxyl groups excluding tert-OH is 1. The Kier molecular flexibility index (Phi) is 1.22. The van der Waals surface area contributed by atoms with E-state index in [0.29, 0.717) is 6.61 Å². The van der Waals surface area contributed by atoms with Crippen molar-refractivity contribution in [2.75, 3.05) is 13.2 Å². The summed E-state index contributed by atoms with van der Waals surface area (Å²) in [5.74, 6) is 0.255. The molecule has 0 saturated carbocycles. The number of ether oxygens (including phenoxy) is 2. The van der Waals surface area contributed by atoms with Crippen molar-refractivity contribution < 1.29 is 14.6 Å². The minimum Gasteiger partial charge on any atom is -0.390 e. The minimum absolute atomic E-state index is 0.0972. The molecule has 0 aromatic rings. The topological polar surface area (TPSA) is 38.7 Å². The summed E-state index contributed by atoms with van der Waals surface area (Å²) in [7, 11) is 0. The molecule has 0 radical (unpaired) electrons. The highest BCUT2D eigenvalue weighted by atomic mass is 16.7. The van der Waals surface area contributed by atoms with Gasteiger partial charge >= 0.3 is 0 Å². The van der Waals surface area contributed by atoms with Gasteiger partial charge in [-0.3, -0.25) is 0 Å². The molecule has 2 rings (SSSR count). The Morgan fingerprint density at radius 3 is 3.00 bits per heavy atom. The van der Waals surface area contributed by atoms with E-state index in [1.54, 1.807) is 0 Å². The highest BCUT2D eigenvalue weighted by Crippen LogP contribution is 2.30. The van der Waals surface area contributed by atoms with E-state index in [-0.39, 0.29) is 18.3 Å². The van der Waals surface area contributed by atoms with Crippen molar-refractivity contribution in [3.8, 4) is 0 Å². The van der Waals surface area contributed by atoms with E-state index in [4.69, 9.17) is 9.47 Å². The Morgan fingerprint density at radius 2 is 2.22 bits per heavy atom. The molecule has 3 heteroatoms. The number of aliphatic hydroxyl groups is 1. The number of rotatable bonds is 0. The zero-order valence-corrected chi connectivity index (χ0v) is 5.12. The first-order valence-corrected chi connectivity index (χ1v) is 3.29. The van der Waals surface area contributed by atoms with Gasteiger partial charge in [0.15, 0.2) is 6.29 Å². The first-order chi connectivity index (χ1) is 4.38. The highest BCUT2D eigenvalue weighted by molar-refractivity contribution is 4.81. The van der Waals surface area contributed by atoms with Crippen LogP contribution in [0.4, 0.5) is 0 Å². The third kappa shape index (κ3) is 0.764. The molecule has 0 aromatic heterocycles. The van der Waals surface area contributed by atoms with Crippen LogP contribution in [-0.2, 0) is 9.47 Å². The van der Waals surface area contributed by atoms with E-state index < -0.39 is 0 Å². The molecule has 0 aliphatic carbocycles. The normalized spacial score (nSPS) is 49.7. The maximum atomic E-state index is 9.19. The van der Waals surface area contributed by atoms with Gasteiger partial charge in [0.05, 0.1) is 19.3 Å². The molecule has 2 aliphatic heterocycles. The smallest absolute Gasteiger partial charge is 0.163 e. The standard InChI is InChI=1S/C6H10O3/c7-5-3-9-6-4(5)1-2-8-6/h4-7H,1-3H2/t4-,5-,6?/m0/s1. The third-order valence-corrected chi connectivity index (χ3v) is 2.01. The zero-order chi connectivity index (χ0) is 6.27. The molecular weight excluding hydrogens is 120 g/mol. The lowest BCUT2D eigenvalue weighted by Gasteiger charge is -2.06. The fourth-order valence-electron chi connectivity index (χ4n) is 1.44. The Bertz CT molecular complexity index is 115. The number of fused-ring (bicyclic) bond motifs is 1. The maximum absolute atomic E-state index is 9.19. The molecule has 3 atom stereocenters. The highest BCUT2D eigenvalue weighted by Gasteiger charge is 2.40. The van der Waals surface area contributed by atoms with E-state index in [2.05, 4.69) is 0 Å². The van der Waals surface area contributed by atoms with Gasteiger partial charge in [0.1, 0.15) is 0 Å². The summed E-state index contributed by atoms with van der Waals surface area (Å²) in [6, 6.07) is 0. The van der Waals surface area contributed by atoms with Crippen LogP contribution in [0.2, 0.25) is 0 Å². The number of hydrogen-bond acceptors (Lipinski definition) is 3. The Morgan fingerprint density at radius 1 is 1.33 bits per heavy atom. The van der Waals surface area contributed by atoms with E-state index in [9.17, 15) is 5.11 Å². The SMILES string of the molecule is O[C@H]1COC2OCC[C@H]21. The molecule has 9 heavy (non-hydrogen) atoms. The first-order valence-electron chi connectivity index (χ1n) is 3.29. The fraction of sp³-hybridized carbons (Fsp3) is 1.00. The molecule has 52 valence electrons. The van der Waals surface area contributed by atoms with Crippen LogP contribution in [0.1, 0.15) is 6.42 Å². The summed E-state index contributed by atoms with van der Waals surface area (Å²) < 4.78 is 10.3. The van der Waals surface area contributed by atoms with Gasteiger partial charge in [-0.2, -0.15) is 0 Å². The van der Waals surface area contributed by atoms with Crippen LogP contribution in [0.15, 0.2) is 0 Å². The molecule has 2 heterocycles. The van der Waals surface area contributed by atoms with Crippen LogP contribution in [0.3, 0.4) is 0 Å². The average molecular weight is 130 g/mol. The molecule has 0 bridgehead atoms. The molecule has 0 aromatic carbocycles. The van der Waals surface area contributed by atoms with Crippen molar-refractivity contribution in [3.05, 3.63) is 0 Å². The van der Waals surface area contributed by atoms with Gasteiger partial charge in [0.2, 0.25) is 0 Å². The summed E-state index contributed by atoms with van der Waals surface area (Å²) >= 11 is 0. The molecule has 2 fully saturated rings. The van der Waals surface area contributed by atoms with Crippen LogP contribution in [0, 0.1) is 5.92 Å². The van der Waals surface area contributed by atoms with Crippen LogP contribution >= 0.6 is 0 Å². The van der Waals surface area contributed by atoms with Gasteiger partial charge in [-0.1, -0.05) is 0 Å². The van der Waals surface area contributed by atoms with Gasteiger partial charge in [-0.15, -0.1) is 0 Å². The van der Waals surface area contributed by atoms with Gasteiger partial charge in [-0.25, -0.2) is 0 Å². The molecule has 3 nitrogen and oxygen atoms in total. The maximum Gasteiger partial charge on any atom is 0.163 e. The first kappa shape index (κ1) is 5.65. The Hall–Kier alpha value is -0.120. The van der Waals surface area contributed by atoms with E-state index >= 15 is 0 Å². The summed E-state index contributed by atoms with van der Waals surface area (Å²) in [6.45, 7) is 1.20. The molecule has 2 aliphatic rings. The molecule has 2 saturated heterocycles. The van der Waals surface area contributed by atoms with Crippen molar-refractivity contribution in [3.63, 3.8) is 0 Å². The van der Waals surface area contributed by atoms with Crippen LogP contribution in [-0.4, -0.2) is 30.7 Å². The van der Waals surface area contributed by atoms with Crippen molar-refractivity contribution in [2.45, 2.75) is 18.8 Å². The van der Waals surface area contributed by atoms with Crippen LogP contribution < -0.4 is 0 Å². The largest absolute Gasteiger partial charge is 0.390 e. The Balaban J connectivity index is 2.07. The second kappa shape index (κ2) is 1.94. The zero-order valence-electron chi connectivity index (χ0n) is 5.12. The summed E-state index contributed by atoms with van der Waals surface area (Å²) in [4.78, 5) is 0.